The number of piperidine rings is 1. The number of likely N-dealkylation sites (tertiary alicyclic amines) is 1. The van der Waals surface area contributed by atoms with Crippen molar-refractivity contribution in [2.75, 3.05) is 13.1 Å². The zero-order valence-corrected chi connectivity index (χ0v) is 12.2. The third-order valence-corrected chi connectivity index (χ3v) is 4.02. The van der Waals surface area contributed by atoms with Crippen LogP contribution in [-0.2, 0) is 13.1 Å². The predicted molar refractivity (Wildman–Crippen MR) is 77.7 cm³/mol. The van der Waals surface area contributed by atoms with Crippen LogP contribution in [0.4, 0.5) is 0 Å². The van der Waals surface area contributed by atoms with Gasteiger partial charge in [0.1, 0.15) is 6.26 Å². The minimum atomic E-state index is -0.00868. The summed E-state index contributed by atoms with van der Waals surface area (Å²) in [5.41, 5.74) is 1.86. The molecule has 0 aliphatic carbocycles. The highest BCUT2D eigenvalue weighted by atomic mass is 16.5. The second-order valence-corrected chi connectivity index (χ2v) is 5.71. The largest absolute Gasteiger partial charge is 0.364 e. The lowest BCUT2D eigenvalue weighted by Crippen LogP contribution is -2.36. The smallest absolute Gasteiger partial charge is 0.266 e. The van der Waals surface area contributed by atoms with Crippen LogP contribution < -0.4 is 5.56 Å². The number of nitrogens with zero attached hydrogens (tertiary/aromatic N) is 4. The van der Waals surface area contributed by atoms with E-state index in [9.17, 15) is 4.79 Å². The summed E-state index contributed by atoms with van der Waals surface area (Å²) < 4.78 is 6.46. The first-order valence-corrected chi connectivity index (χ1v) is 7.37. The van der Waals surface area contributed by atoms with E-state index in [-0.39, 0.29) is 5.56 Å². The van der Waals surface area contributed by atoms with E-state index in [0.717, 1.165) is 50.4 Å². The Bertz CT molecular complexity index is 627. The van der Waals surface area contributed by atoms with Gasteiger partial charge in [0.25, 0.3) is 5.56 Å². The Morgan fingerprint density at radius 3 is 2.81 bits per heavy atom. The van der Waals surface area contributed by atoms with Crippen molar-refractivity contribution in [1.29, 1.82) is 0 Å². The SMILES string of the molecule is Cc1ccc(=O)n(CC2CCN(Cc3ccon3)CC2)n1. The Labute approximate surface area is 123 Å². The molecule has 0 bridgehead atoms. The highest BCUT2D eigenvalue weighted by Crippen LogP contribution is 2.19. The quantitative estimate of drug-likeness (QED) is 0.852. The first-order valence-electron chi connectivity index (χ1n) is 7.37. The Morgan fingerprint density at radius 2 is 2.10 bits per heavy atom. The molecule has 112 valence electrons. The summed E-state index contributed by atoms with van der Waals surface area (Å²) in [4.78, 5) is 14.2. The molecule has 2 aromatic heterocycles. The van der Waals surface area contributed by atoms with Gasteiger partial charge < -0.3 is 4.52 Å². The maximum Gasteiger partial charge on any atom is 0.266 e. The van der Waals surface area contributed by atoms with Crippen molar-refractivity contribution in [3.8, 4) is 0 Å². The van der Waals surface area contributed by atoms with Crippen LogP contribution in [0.15, 0.2) is 33.8 Å². The molecule has 0 amide bonds. The summed E-state index contributed by atoms with van der Waals surface area (Å²) >= 11 is 0. The molecule has 1 fully saturated rings. The molecular formula is C15H20N4O2. The van der Waals surface area contributed by atoms with Gasteiger partial charge in [-0.15, -0.1) is 0 Å². The summed E-state index contributed by atoms with van der Waals surface area (Å²) in [6, 6.07) is 5.27. The lowest BCUT2D eigenvalue weighted by atomic mass is 9.97. The second kappa shape index (κ2) is 6.22. The van der Waals surface area contributed by atoms with E-state index >= 15 is 0 Å². The second-order valence-electron chi connectivity index (χ2n) is 5.71. The molecule has 6 heteroatoms. The van der Waals surface area contributed by atoms with E-state index in [2.05, 4.69) is 15.2 Å². The van der Waals surface area contributed by atoms with Gasteiger partial charge in [-0.1, -0.05) is 5.16 Å². The summed E-state index contributed by atoms with van der Waals surface area (Å²) in [7, 11) is 0. The summed E-state index contributed by atoms with van der Waals surface area (Å²) in [5.74, 6) is 0.519. The minimum absolute atomic E-state index is 0.00868. The maximum absolute atomic E-state index is 11.8. The molecule has 1 saturated heterocycles. The maximum atomic E-state index is 11.8. The zero-order chi connectivity index (χ0) is 14.7. The monoisotopic (exact) mass is 288 g/mol. The molecule has 1 aliphatic heterocycles. The molecule has 3 rings (SSSR count). The molecule has 0 unspecified atom stereocenters. The molecule has 3 heterocycles. The van der Waals surface area contributed by atoms with E-state index in [4.69, 9.17) is 4.52 Å². The zero-order valence-electron chi connectivity index (χ0n) is 12.2. The van der Waals surface area contributed by atoms with Crippen LogP contribution in [0.1, 0.15) is 24.2 Å². The van der Waals surface area contributed by atoms with Gasteiger partial charge in [0.2, 0.25) is 0 Å². The summed E-state index contributed by atoms with van der Waals surface area (Å²) in [6.07, 6.45) is 3.78. The number of rotatable bonds is 4. The first-order chi connectivity index (χ1) is 10.2. The molecule has 21 heavy (non-hydrogen) atoms. The number of aromatic nitrogens is 3. The van der Waals surface area contributed by atoms with Gasteiger partial charge in [-0.3, -0.25) is 9.69 Å². The standard InChI is InChI=1S/C15H20N4O2/c1-12-2-3-15(20)19(16-12)10-13-4-7-18(8-5-13)11-14-6-9-21-17-14/h2-3,6,9,13H,4-5,7-8,10-11H2,1H3. The van der Waals surface area contributed by atoms with Crippen LogP contribution in [0.2, 0.25) is 0 Å². The molecule has 2 aromatic rings. The van der Waals surface area contributed by atoms with Crippen LogP contribution in [0.3, 0.4) is 0 Å². The van der Waals surface area contributed by atoms with Crippen LogP contribution >= 0.6 is 0 Å². The van der Waals surface area contributed by atoms with Crippen LogP contribution in [0.25, 0.3) is 0 Å². The van der Waals surface area contributed by atoms with Gasteiger partial charge in [-0.05, 0) is 44.8 Å². The normalized spacial score (nSPS) is 17.2. The minimum Gasteiger partial charge on any atom is -0.364 e. The fourth-order valence-electron chi connectivity index (χ4n) is 2.80. The molecule has 0 radical (unpaired) electrons. The van der Waals surface area contributed by atoms with Crippen molar-refractivity contribution < 1.29 is 4.52 Å². The Morgan fingerprint density at radius 1 is 1.29 bits per heavy atom. The highest BCUT2D eigenvalue weighted by Gasteiger charge is 2.20. The average molecular weight is 288 g/mol. The van der Waals surface area contributed by atoms with E-state index in [1.807, 2.05) is 13.0 Å². The summed E-state index contributed by atoms with van der Waals surface area (Å²) in [5, 5.41) is 8.26. The number of hydrogen-bond acceptors (Lipinski definition) is 5. The predicted octanol–water partition coefficient (Wildman–Crippen LogP) is 1.45. The third-order valence-electron chi connectivity index (χ3n) is 4.02. The van der Waals surface area contributed by atoms with Crippen molar-refractivity contribution in [3.63, 3.8) is 0 Å². The van der Waals surface area contributed by atoms with Crippen LogP contribution in [0.5, 0.6) is 0 Å². The number of hydrogen-bond donors (Lipinski definition) is 0. The van der Waals surface area contributed by atoms with Gasteiger partial charge in [0, 0.05) is 25.2 Å². The van der Waals surface area contributed by atoms with Gasteiger partial charge in [0.15, 0.2) is 0 Å². The Balaban J connectivity index is 1.54. The van der Waals surface area contributed by atoms with Gasteiger partial charge in [-0.2, -0.15) is 5.10 Å². The van der Waals surface area contributed by atoms with E-state index in [1.54, 1.807) is 23.1 Å². The molecule has 0 spiro atoms. The first kappa shape index (κ1) is 14.0. The van der Waals surface area contributed by atoms with Crippen molar-refractivity contribution >= 4 is 0 Å². The molecule has 0 atom stereocenters. The van der Waals surface area contributed by atoms with Crippen molar-refractivity contribution in [1.82, 2.24) is 19.8 Å². The molecule has 0 N–H and O–H groups in total. The highest BCUT2D eigenvalue weighted by molar-refractivity contribution is 4.97. The molecular weight excluding hydrogens is 268 g/mol. The van der Waals surface area contributed by atoms with Crippen molar-refractivity contribution in [3.05, 3.63) is 46.2 Å². The molecule has 0 aromatic carbocycles. The molecule has 6 nitrogen and oxygen atoms in total. The number of aryl methyl sites for hydroxylation is 1. The third kappa shape index (κ3) is 3.58. The molecule has 0 saturated carbocycles. The molecule has 1 aliphatic rings. The van der Waals surface area contributed by atoms with Crippen LogP contribution in [0, 0.1) is 12.8 Å². The van der Waals surface area contributed by atoms with Crippen LogP contribution in [-0.4, -0.2) is 32.9 Å². The van der Waals surface area contributed by atoms with E-state index in [1.165, 1.54) is 0 Å². The Kier molecular flexibility index (Phi) is 4.15. The Hall–Kier alpha value is -1.95. The lowest BCUT2D eigenvalue weighted by Gasteiger charge is -2.31. The topological polar surface area (TPSA) is 64.2 Å². The average Bonchev–Trinajstić information content (AvgIpc) is 2.98. The van der Waals surface area contributed by atoms with E-state index in [0.29, 0.717) is 5.92 Å². The van der Waals surface area contributed by atoms with Crippen molar-refractivity contribution in [2.24, 2.45) is 5.92 Å². The van der Waals surface area contributed by atoms with Gasteiger partial charge in [0.05, 0.1) is 11.4 Å². The fourth-order valence-corrected chi connectivity index (χ4v) is 2.80. The van der Waals surface area contributed by atoms with Gasteiger partial charge in [-0.25, -0.2) is 4.68 Å². The summed E-state index contributed by atoms with van der Waals surface area (Å²) in [6.45, 7) is 5.52. The van der Waals surface area contributed by atoms with Crippen molar-refractivity contribution in [2.45, 2.75) is 32.9 Å². The fraction of sp³-hybridized carbons (Fsp3) is 0.533. The van der Waals surface area contributed by atoms with Gasteiger partial charge >= 0.3 is 0 Å². The van der Waals surface area contributed by atoms with E-state index < -0.39 is 0 Å². The lowest BCUT2D eigenvalue weighted by molar-refractivity contribution is 0.160.